The van der Waals surface area contributed by atoms with Crippen molar-refractivity contribution in [3.8, 4) is 5.75 Å². The molecule has 222 valence electrons. The van der Waals surface area contributed by atoms with E-state index < -0.39 is 47.9 Å². The monoisotopic (exact) mass is 564 g/mol. The van der Waals surface area contributed by atoms with Crippen LogP contribution in [0.4, 0.5) is 0 Å². The van der Waals surface area contributed by atoms with Crippen LogP contribution in [-0.4, -0.2) is 83.1 Å². The van der Waals surface area contributed by atoms with Crippen LogP contribution < -0.4 is 44.6 Å². The second-order valence-corrected chi connectivity index (χ2v) is 9.07. The third kappa shape index (κ3) is 13.3. The summed E-state index contributed by atoms with van der Waals surface area (Å²) in [5, 5.41) is 26.1. The highest BCUT2D eigenvalue weighted by molar-refractivity contribution is 5.94. The van der Waals surface area contributed by atoms with Crippen molar-refractivity contribution in [1.82, 2.24) is 16.0 Å². The average molecular weight is 565 g/mol. The van der Waals surface area contributed by atoms with E-state index in [2.05, 4.69) is 25.9 Å². The number of benzene rings is 1. The third-order valence-electron chi connectivity index (χ3n) is 5.61. The number of carboxylic acid groups (broad SMARTS) is 1. The first-order valence-corrected chi connectivity index (χ1v) is 12.6. The molecular weight excluding hydrogens is 524 g/mol. The van der Waals surface area contributed by atoms with Gasteiger partial charge >= 0.3 is 5.97 Å². The molecule has 16 heteroatoms. The Morgan fingerprint density at radius 2 is 1.25 bits per heavy atom. The minimum absolute atomic E-state index is 0.0638. The summed E-state index contributed by atoms with van der Waals surface area (Å²) in [7, 11) is 0. The second-order valence-electron chi connectivity index (χ2n) is 9.07. The highest BCUT2D eigenvalue weighted by Crippen LogP contribution is 2.11. The molecule has 1 rings (SSSR count). The number of carbonyl (C=O) groups is 4. The van der Waals surface area contributed by atoms with E-state index in [-0.39, 0.29) is 56.4 Å². The van der Waals surface area contributed by atoms with Crippen LogP contribution >= 0.6 is 0 Å². The lowest BCUT2D eigenvalue weighted by molar-refractivity contribution is -0.141. The number of hydrogen-bond donors (Lipinski definition) is 10. The maximum absolute atomic E-state index is 13.3. The zero-order valence-electron chi connectivity index (χ0n) is 22.4. The maximum atomic E-state index is 13.3. The first-order chi connectivity index (χ1) is 18.8. The molecular formula is C24H40N10O6. The highest BCUT2D eigenvalue weighted by atomic mass is 16.4. The molecule has 0 spiro atoms. The van der Waals surface area contributed by atoms with Crippen LogP contribution in [0.15, 0.2) is 34.3 Å². The van der Waals surface area contributed by atoms with Crippen molar-refractivity contribution in [1.29, 1.82) is 0 Å². The predicted molar refractivity (Wildman–Crippen MR) is 149 cm³/mol. The molecule has 0 aliphatic heterocycles. The molecule has 0 fully saturated rings. The van der Waals surface area contributed by atoms with Gasteiger partial charge in [-0.15, -0.1) is 0 Å². The normalized spacial score (nSPS) is 13.6. The SMILES string of the molecule is CC(NC(=O)C(CCCN=C(N)N)NC(=O)C(CCCN=C(N)N)NC(=O)C(N)Cc1ccc(O)cc1)C(=O)O. The fourth-order valence-corrected chi connectivity index (χ4v) is 3.45. The predicted octanol–water partition coefficient (Wildman–Crippen LogP) is -3.07. The molecule has 0 aliphatic rings. The van der Waals surface area contributed by atoms with E-state index >= 15 is 0 Å². The summed E-state index contributed by atoms with van der Waals surface area (Å²) in [6, 6.07) is 1.67. The molecule has 0 radical (unpaired) electrons. The zero-order valence-corrected chi connectivity index (χ0v) is 22.4. The Morgan fingerprint density at radius 3 is 1.70 bits per heavy atom. The molecule has 0 aromatic heterocycles. The molecule has 4 unspecified atom stereocenters. The first kappa shape index (κ1) is 33.4. The number of nitrogens with zero attached hydrogens (tertiary/aromatic N) is 2. The van der Waals surface area contributed by atoms with E-state index in [0.717, 1.165) is 0 Å². The topological polar surface area (TPSA) is 300 Å². The lowest BCUT2D eigenvalue weighted by Gasteiger charge is -2.24. The van der Waals surface area contributed by atoms with Crippen molar-refractivity contribution in [3.63, 3.8) is 0 Å². The lowest BCUT2D eigenvalue weighted by atomic mass is 10.0. The first-order valence-electron chi connectivity index (χ1n) is 12.6. The van der Waals surface area contributed by atoms with Crippen molar-refractivity contribution in [3.05, 3.63) is 29.8 Å². The number of phenolic OH excluding ortho intramolecular Hbond substituents is 1. The van der Waals surface area contributed by atoms with Gasteiger partial charge in [0.2, 0.25) is 17.7 Å². The summed E-state index contributed by atoms with van der Waals surface area (Å²) in [4.78, 5) is 57.8. The average Bonchev–Trinajstić information content (AvgIpc) is 2.88. The van der Waals surface area contributed by atoms with Gasteiger partial charge in [-0.25, -0.2) is 0 Å². The van der Waals surface area contributed by atoms with E-state index in [1.807, 2.05) is 0 Å². The van der Waals surface area contributed by atoms with Crippen LogP contribution in [0.25, 0.3) is 0 Å². The van der Waals surface area contributed by atoms with Crippen molar-refractivity contribution in [2.24, 2.45) is 38.7 Å². The van der Waals surface area contributed by atoms with Gasteiger partial charge in [0.25, 0.3) is 0 Å². The molecule has 15 N–H and O–H groups in total. The Balaban J connectivity index is 3.02. The number of aliphatic imine (C=N–C) groups is 2. The van der Waals surface area contributed by atoms with Gasteiger partial charge in [-0.3, -0.25) is 29.2 Å². The summed E-state index contributed by atoms with van der Waals surface area (Å²) in [6.45, 7) is 1.63. The van der Waals surface area contributed by atoms with E-state index in [1.54, 1.807) is 12.1 Å². The zero-order chi connectivity index (χ0) is 30.2. The summed E-state index contributed by atoms with van der Waals surface area (Å²) in [5.74, 6) is -3.52. The molecule has 4 atom stereocenters. The van der Waals surface area contributed by atoms with Crippen molar-refractivity contribution in [2.75, 3.05) is 13.1 Å². The fraction of sp³-hybridized carbons (Fsp3) is 0.500. The van der Waals surface area contributed by atoms with Gasteiger partial charge in [-0.05, 0) is 56.7 Å². The fourth-order valence-electron chi connectivity index (χ4n) is 3.45. The van der Waals surface area contributed by atoms with E-state index in [1.165, 1.54) is 19.1 Å². The highest BCUT2D eigenvalue weighted by Gasteiger charge is 2.29. The molecule has 0 heterocycles. The van der Waals surface area contributed by atoms with Crippen LogP contribution in [0.1, 0.15) is 38.2 Å². The molecule has 40 heavy (non-hydrogen) atoms. The maximum Gasteiger partial charge on any atom is 0.325 e. The number of rotatable bonds is 17. The van der Waals surface area contributed by atoms with Gasteiger partial charge in [0.05, 0.1) is 6.04 Å². The number of nitrogens with one attached hydrogen (secondary N) is 3. The molecule has 0 bridgehead atoms. The number of carboxylic acids is 1. The molecule has 1 aromatic carbocycles. The van der Waals surface area contributed by atoms with Gasteiger partial charge in [-0.1, -0.05) is 12.1 Å². The largest absolute Gasteiger partial charge is 0.508 e. The van der Waals surface area contributed by atoms with Gasteiger partial charge in [0.15, 0.2) is 11.9 Å². The van der Waals surface area contributed by atoms with Crippen LogP contribution in [0.5, 0.6) is 5.75 Å². The Morgan fingerprint density at radius 1 is 0.800 bits per heavy atom. The van der Waals surface area contributed by atoms with Crippen LogP contribution in [0.2, 0.25) is 0 Å². The Labute approximate surface area is 231 Å². The van der Waals surface area contributed by atoms with Crippen LogP contribution in [-0.2, 0) is 25.6 Å². The number of guanidine groups is 2. The summed E-state index contributed by atoms with van der Waals surface area (Å²) in [6.07, 6.45) is 0.916. The Hall–Kier alpha value is -4.60. The summed E-state index contributed by atoms with van der Waals surface area (Å²) in [5.41, 5.74) is 28.1. The number of phenols is 1. The van der Waals surface area contributed by atoms with Gasteiger partial charge in [-0.2, -0.15) is 0 Å². The number of carbonyl (C=O) groups excluding carboxylic acids is 3. The number of nitrogens with two attached hydrogens (primary N) is 5. The van der Waals surface area contributed by atoms with E-state index in [4.69, 9.17) is 33.8 Å². The van der Waals surface area contributed by atoms with Crippen molar-refractivity contribution >= 4 is 35.6 Å². The van der Waals surface area contributed by atoms with Crippen molar-refractivity contribution < 1.29 is 29.4 Å². The second kappa shape index (κ2) is 17.1. The number of aliphatic carboxylic acids is 1. The molecule has 1 aromatic rings. The molecule has 0 saturated heterocycles. The van der Waals surface area contributed by atoms with Crippen LogP contribution in [0, 0.1) is 0 Å². The lowest BCUT2D eigenvalue weighted by Crippen LogP contribution is -2.57. The Bertz CT molecular complexity index is 1050. The smallest absolute Gasteiger partial charge is 0.325 e. The van der Waals surface area contributed by atoms with Gasteiger partial charge in [0.1, 0.15) is 23.9 Å². The number of hydrogen-bond acceptors (Lipinski definition) is 8. The van der Waals surface area contributed by atoms with Gasteiger partial charge < -0.3 is 54.8 Å². The quantitative estimate of drug-likeness (QED) is 0.0514. The molecule has 0 aliphatic carbocycles. The van der Waals surface area contributed by atoms with Gasteiger partial charge in [0, 0.05) is 13.1 Å². The van der Waals surface area contributed by atoms with Crippen LogP contribution in [0.3, 0.4) is 0 Å². The third-order valence-corrected chi connectivity index (χ3v) is 5.61. The molecule has 16 nitrogen and oxygen atoms in total. The Kier molecular flexibility index (Phi) is 14.3. The van der Waals surface area contributed by atoms with E-state index in [9.17, 15) is 24.3 Å². The summed E-state index contributed by atoms with van der Waals surface area (Å²) >= 11 is 0. The standard InChI is InChI=1S/C24H40N10O6/c1-13(22(39)40)32-20(37)17(4-2-10-30-23(26)27)34-21(38)18(5-3-11-31-24(28)29)33-19(36)16(25)12-14-6-8-15(35)9-7-14/h6-9,13,16-18,35H,2-5,10-12,25H2,1H3,(H,32,37)(H,33,36)(H,34,38)(H,39,40)(H4,26,27,30)(H4,28,29,31). The van der Waals surface area contributed by atoms with Crippen molar-refractivity contribution in [2.45, 2.75) is 63.2 Å². The summed E-state index contributed by atoms with van der Waals surface area (Å²) < 4.78 is 0. The number of aromatic hydroxyl groups is 1. The molecule has 0 saturated carbocycles. The number of amides is 3. The minimum Gasteiger partial charge on any atom is -0.508 e. The minimum atomic E-state index is -1.26. The molecule has 3 amide bonds. The van der Waals surface area contributed by atoms with E-state index in [0.29, 0.717) is 12.0 Å².